The van der Waals surface area contributed by atoms with E-state index in [0.717, 1.165) is 22.9 Å². The van der Waals surface area contributed by atoms with Gasteiger partial charge in [-0.1, -0.05) is 36.4 Å². The Kier molecular flexibility index (Phi) is 5.49. The SMILES string of the molecule is CCS(=O)(=O)Nc1ccc(C2=NN(S(C)(=O)=O)C(c3ccccc3C)C2)cc1. The number of hydrogen-bond donors (Lipinski definition) is 1. The van der Waals surface area contributed by atoms with Crippen LogP contribution < -0.4 is 4.72 Å². The van der Waals surface area contributed by atoms with Gasteiger partial charge in [0.1, 0.15) is 0 Å². The fraction of sp³-hybridized carbons (Fsp3) is 0.316. The fourth-order valence-electron chi connectivity index (χ4n) is 3.14. The van der Waals surface area contributed by atoms with E-state index in [2.05, 4.69) is 9.82 Å². The maximum atomic E-state index is 12.3. The summed E-state index contributed by atoms with van der Waals surface area (Å²) < 4.78 is 51.6. The average Bonchev–Trinajstić information content (AvgIpc) is 3.08. The van der Waals surface area contributed by atoms with Crippen LogP contribution >= 0.6 is 0 Å². The number of nitrogens with one attached hydrogen (secondary N) is 1. The molecular weight excluding hydrogens is 398 g/mol. The summed E-state index contributed by atoms with van der Waals surface area (Å²) in [5.41, 5.74) is 3.77. The van der Waals surface area contributed by atoms with Gasteiger partial charge in [0, 0.05) is 12.1 Å². The van der Waals surface area contributed by atoms with Gasteiger partial charge in [-0.25, -0.2) is 16.8 Å². The zero-order valence-electron chi connectivity index (χ0n) is 16.0. The van der Waals surface area contributed by atoms with Crippen LogP contribution in [0.4, 0.5) is 5.69 Å². The minimum atomic E-state index is -3.54. The highest BCUT2D eigenvalue weighted by molar-refractivity contribution is 7.92. The van der Waals surface area contributed by atoms with Gasteiger partial charge >= 0.3 is 0 Å². The molecule has 9 heteroatoms. The average molecular weight is 422 g/mol. The molecule has 0 fully saturated rings. The van der Waals surface area contributed by atoms with Crippen molar-refractivity contribution >= 4 is 31.4 Å². The van der Waals surface area contributed by atoms with E-state index in [0.29, 0.717) is 17.8 Å². The standard InChI is InChI=1S/C19H23N3O4S2/c1-4-28(25,26)21-16-11-9-15(10-12-16)18-13-19(22(20-18)27(3,23)24)17-8-6-5-7-14(17)2/h5-12,19,21H,4,13H2,1-3H3. The third-order valence-electron chi connectivity index (χ3n) is 4.63. The molecule has 0 aromatic heterocycles. The van der Waals surface area contributed by atoms with Gasteiger partial charge in [-0.05, 0) is 42.7 Å². The molecule has 0 radical (unpaired) electrons. The first-order chi connectivity index (χ1) is 13.1. The Labute approximate surface area is 166 Å². The molecule has 1 atom stereocenters. The molecule has 0 saturated carbocycles. The summed E-state index contributed by atoms with van der Waals surface area (Å²) in [4.78, 5) is 0. The lowest BCUT2D eigenvalue weighted by Gasteiger charge is -2.22. The summed E-state index contributed by atoms with van der Waals surface area (Å²) >= 11 is 0. The van der Waals surface area contributed by atoms with E-state index in [4.69, 9.17) is 0 Å². The predicted molar refractivity (Wildman–Crippen MR) is 111 cm³/mol. The van der Waals surface area contributed by atoms with Crippen molar-refractivity contribution < 1.29 is 16.8 Å². The first-order valence-corrected chi connectivity index (χ1v) is 12.3. The van der Waals surface area contributed by atoms with Crippen LogP contribution in [0.25, 0.3) is 0 Å². The molecule has 3 rings (SSSR count). The van der Waals surface area contributed by atoms with Crippen molar-refractivity contribution in [3.05, 3.63) is 65.2 Å². The third kappa shape index (κ3) is 4.36. The second kappa shape index (κ2) is 7.56. The molecule has 1 N–H and O–H groups in total. The largest absolute Gasteiger partial charge is 0.284 e. The van der Waals surface area contributed by atoms with E-state index < -0.39 is 26.1 Å². The van der Waals surface area contributed by atoms with Crippen LogP contribution in [0.3, 0.4) is 0 Å². The highest BCUT2D eigenvalue weighted by Gasteiger charge is 2.35. The summed E-state index contributed by atoms with van der Waals surface area (Å²) in [6, 6.07) is 14.0. The third-order valence-corrected chi connectivity index (χ3v) is 6.95. The van der Waals surface area contributed by atoms with Crippen LogP contribution in [0.5, 0.6) is 0 Å². The topological polar surface area (TPSA) is 95.9 Å². The Morgan fingerprint density at radius 1 is 1.07 bits per heavy atom. The second-order valence-corrected chi connectivity index (χ2v) is 10.6. The van der Waals surface area contributed by atoms with Crippen LogP contribution in [0.2, 0.25) is 0 Å². The molecule has 1 aliphatic rings. The number of rotatable bonds is 6. The first-order valence-electron chi connectivity index (χ1n) is 8.84. The number of nitrogens with zero attached hydrogens (tertiary/aromatic N) is 2. The smallest absolute Gasteiger partial charge is 0.247 e. The summed E-state index contributed by atoms with van der Waals surface area (Å²) in [6.45, 7) is 3.51. The summed E-state index contributed by atoms with van der Waals surface area (Å²) in [5.74, 6) is -0.0110. The van der Waals surface area contributed by atoms with Gasteiger partial charge in [-0.15, -0.1) is 0 Å². The molecule has 0 bridgehead atoms. The van der Waals surface area contributed by atoms with Crippen LogP contribution in [-0.2, 0) is 20.0 Å². The minimum absolute atomic E-state index is 0.0110. The molecule has 1 unspecified atom stereocenters. The maximum Gasteiger partial charge on any atom is 0.247 e. The molecular formula is C19H23N3O4S2. The number of sulfonamides is 2. The van der Waals surface area contributed by atoms with Gasteiger partial charge in [0.25, 0.3) is 0 Å². The Morgan fingerprint density at radius 2 is 1.71 bits per heavy atom. The quantitative estimate of drug-likeness (QED) is 0.776. The molecule has 0 aliphatic carbocycles. The van der Waals surface area contributed by atoms with E-state index in [-0.39, 0.29) is 5.75 Å². The predicted octanol–water partition coefficient (Wildman–Crippen LogP) is 2.87. The Morgan fingerprint density at radius 3 is 2.29 bits per heavy atom. The van der Waals surface area contributed by atoms with Gasteiger partial charge in [0.2, 0.25) is 20.0 Å². The molecule has 1 aliphatic heterocycles. The van der Waals surface area contributed by atoms with Gasteiger partial charge in [-0.3, -0.25) is 4.72 Å². The van der Waals surface area contributed by atoms with Crippen LogP contribution in [0.1, 0.15) is 36.1 Å². The second-order valence-electron chi connectivity index (χ2n) is 6.74. The molecule has 1 heterocycles. The van der Waals surface area contributed by atoms with Gasteiger partial charge in [0.15, 0.2) is 0 Å². The molecule has 2 aromatic rings. The lowest BCUT2D eigenvalue weighted by Crippen LogP contribution is -2.26. The maximum absolute atomic E-state index is 12.3. The van der Waals surface area contributed by atoms with Crippen molar-refractivity contribution in [1.29, 1.82) is 0 Å². The van der Waals surface area contributed by atoms with Gasteiger partial charge in [-0.2, -0.15) is 9.52 Å². The van der Waals surface area contributed by atoms with Crippen molar-refractivity contribution in [2.45, 2.75) is 26.3 Å². The van der Waals surface area contributed by atoms with Gasteiger partial charge < -0.3 is 0 Å². The Balaban J connectivity index is 1.92. The van der Waals surface area contributed by atoms with Crippen molar-refractivity contribution in [1.82, 2.24) is 4.41 Å². The normalized spacial score (nSPS) is 17.5. The van der Waals surface area contributed by atoms with E-state index in [9.17, 15) is 16.8 Å². The molecule has 7 nitrogen and oxygen atoms in total. The number of benzene rings is 2. The van der Waals surface area contributed by atoms with Crippen LogP contribution in [0.15, 0.2) is 53.6 Å². The van der Waals surface area contributed by atoms with E-state index >= 15 is 0 Å². The summed E-state index contributed by atoms with van der Waals surface area (Å²) in [5, 5.41) is 4.37. The number of anilines is 1. The monoisotopic (exact) mass is 421 g/mol. The molecule has 150 valence electrons. The molecule has 0 amide bonds. The molecule has 2 aromatic carbocycles. The van der Waals surface area contributed by atoms with E-state index in [1.165, 1.54) is 4.41 Å². The van der Waals surface area contributed by atoms with Crippen LogP contribution in [-0.4, -0.2) is 39.0 Å². The number of aryl methyl sites for hydroxylation is 1. The van der Waals surface area contributed by atoms with E-state index in [1.54, 1.807) is 31.2 Å². The fourth-order valence-corrected chi connectivity index (χ4v) is 4.68. The molecule has 0 saturated heterocycles. The van der Waals surface area contributed by atoms with Crippen molar-refractivity contribution in [2.24, 2.45) is 5.10 Å². The van der Waals surface area contributed by atoms with Crippen LogP contribution in [0, 0.1) is 6.92 Å². The van der Waals surface area contributed by atoms with Crippen molar-refractivity contribution in [2.75, 3.05) is 16.7 Å². The summed E-state index contributed by atoms with van der Waals surface area (Å²) in [6.07, 6.45) is 1.59. The zero-order valence-corrected chi connectivity index (χ0v) is 17.6. The van der Waals surface area contributed by atoms with Crippen molar-refractivity contribution in [3.63, 3.8) is 0 Å². The molecule has 0 spiro atoms. The van der Waals surface area contributed by atoms with E-state index in [1.807, 2.05) is 31.2 Å². The first kappa shape index (κ1) is 20.3. The number of hydrogen-bond acceptors (Lipinski definition) is 5. The number of hydrazone groups is 1. The summed E-state index contributed by atoms with van der Waals surface area (Å²) in [7, 11) is -6.89. The highest BCUT2D eigenvalue weighted by Crippen LogP contribution is 2.36. The lowest BCUT2D eigenvalue weighted by molar-refractivity contribution is 0.374. The zero-order chi connectivity index (χ0) is 20.5. The van der Waals surface area contributed by atoms with Gasteiger partial charge in [0.05, 0.1) is 23.8 Å². The minimum Gasteiger partial charge on any atom is -0.284 e. The Hall–Kier alpha value is -2.39. The lowest BCUT2D eigenvalue weighted by atomic mass is 9.96. The highest BCUT2D eigenvalue weighted by atomic mass is 32.2. The van der Waals surface area contributed by atoms with Crippen molar-refractivity contribution in [3.8, 4) is 0 Å². The molecule has 28 heavy (non-hydrogen) atoms. The Bertz CT molecular complexity index is 1110.